The SMILES string of the molecule is Cl.Cl.c1ccc([SiH2]c2ccccc2)cc1. The molecule has 0 saturated carbocycles. The first-order valence-electron chi connectivity index (χ1n) is 4.53. The van der Waals surface area contributed by atoms with Crippen molar-refractivity contribution in [2.24, 2.45) is 0 Å². The van der Waals surface area contributed by atoms with Crippen LogP contribution in [-0.2, 0) is 0 Å². The molecule has 0 bridgehead atoms. The highest BCUT2D eigenvalue weighted by atomic mass is 35.5. The second-order valence-electron chi connectivity index (χ2n) is 3.15. The predicted molar refractivity (Wildman–Crippen MR) is 75.2 cm³/mol. The van der Waals surface area contributed by atoms with Gasteiger partial charge in [0.15, 0.2) is 0 Å². The zero-order valence-electron chi connectivity index (χ0n) is 8.30. The van der Waals surface area contributed by atoms with Gasteiger partial charge in [-0.25, -0.2) is 0 Å². The van der Waals surface area contributed by atoms with Gasteiger partial charge in [-0.05, 0) is 0 Å². The average Bonchev–Trinajstić information content (AvgIpc) is 2.21. The Labute approximate surface area is 105 Å². The molecule has 0 amide bonds. The van der Waals surface area contributed by atoms with E-state index < -0.39 is 0 Å². The Morgan fingerprint density at radius 2 is 0.867 bits per heavy atom. The maximum atomic E-state index is 2.22. The minimum Gasteiger partial charge on any atom is -0.147 e. The van der Waals surface area contributed by atoms with Crippen LogP contribution in [-0.4, -0.2) is 9.52 Å². The van der Waals surface area contributed by atoms with Gasteiger partial charge in [0.25, 0.3) is 0 Å². The molecule has 0 saturated heterocycles. The molecule has 0 nitrogen and oxygen atoms in total. The molecule has 0 radical (unpaired) electrons. The molecule has 0 aromatic heterocycles. The third-order valence-corrected chi connectivity index (χ3v) is 3.85. The van der Waals surface area contributed by atoms with Crippen molar-refractivity contribution in [1.82, 2.24) is 0 Å². The molecular weight excluding hydrogens is 243 g/mol. The Hall–Kier alpha value is -0.763. The van der Waals surface area contributed by atoms with Crippen LogP contribution in [0.15, 0.2) is 60.7 Å². The highest BCUT2D eigenvalue weighted by Gasteiger charge is 1.93. The van der Waals surface area contributed by atoms with Crippen molar-refractivity contribution in [1.29, 1.82) is 0 Å². The van der Waals surface area contributed by atoms with Crippen molar-refractivity contribution in [2.45, 2.75) is 0 Å². The maximum absolute atomic E-state index is 2.22. The van der Waals surface area contributed by atoms with Gasteiger partial charge in [-0.2, -0.15) is 0 Å². The van der Waals surface area contributed by atoms with Gasteiger partial charge in [-0.1, -0.05) is 71.0 Å². The second kappa shape index (κ2) is 7.52. The Bertz CT molecular complexity index is 324. The summed E-state index contributed by atoms with van der Waals surface area (Å²) in [6.07, 6.45) is 0. The van der Waals surface area contributed by atoms with Crippen LogP contribution in [0.4, 0.5) is 0 Å². The first-order chi connectivity index (χ1) is 6.45. The smallest absolute Gasteiger partial charge is 0.0875 e. The van der Waals surface area contributed by atoms with E-state index in [-0.39, 0.29) is 34.3 Å². The van der Waals surface area contributed by atoms with E-state index in [0.717, 1.165) is 0 Å². The molecule has 0 heterocycles. The van der Waals surface area contributed by atoms with Crippen molar-refractivity contribution in [3.05, 3.63) is 60.7 Å². The van der Waals surface area contributed by atoms with Crippen LogP contribution in [0, 0.1) is 0 Å². The fourth-order valence-corrected chi connectivity index (χ4v) is 2.91. The molecule has 2 rings (SSSR count). The number of halogens is 2. The molecule has 15 heavy (non-hydrogen) atoms. The summed E-state index contributed by atoms with van der Waals surface area (Å²) in [6, 6.07) is 21.5. The third kappa shape index (κ3) is 4.52. The standard InChI is InChI=1S/C12H12Si.2ClH/c1-3-7-11(8-4-1)13-12-9-5-2-6-10-12;;/h1-10H,13H2;2*1H. The first kappa shape index (κ1) is 14.2. The fraction of sp³-hybridized carbons (Fsp3) is 0. The van der Waals surface area contributed by atoms with E-state index in [0.29, 0.717) is 0 Å². The fourth-order valence-electron chi connectivity index (χ4n) is 1.43. The summed E-state index contributed by atoms with van der Waals surface area (Å²) >= 11 is 0. The molecule has 0 aliphatic carbocycles. The lowest BCUT2D eigenvalue weighted by Crippen LogP contribution is -2.26. The highest BCUT2D eigenvalue weighted by molar-refractivity contribution is 6.67. The highest BCUT2D eigenvalue weighted by Crippen LogP contribution is 1.84. The van der Waals surface area contributed by atoms with E-state index >= 15 is 0 Å². The third-order valence-electron chi connectivity index (χ3n) is 2.09. The summed E-state index contributed by atoms with van der Waals surface area (Å²) in [5.74, 6) is 0. The normalized spacial score (nSPS) is 8.53. The van der Waals surface area contributed by atoms with Crippen LogP contribution in [0.2, 0.25) is 0 Å². The summed E-state index contributed by atoms with van der Waals surface area (Å²) in [5.41, 5.74) is 0. The van der Waals surface area contributed by atoms with Crippen LogP contribution in [0.3, 0.4) is 0 Å². The zero-order chi connectivity index (χ0) is 8.93. The lowest BCUT2D eigenvalue weighted by Gasteiger charge is -1.99. The molecule has 80 valence electrons. The van der Waals surface area contributed by atoms with E-state index in [1.165, 1.54) is 10.4 Å². The van der Waals surface area contributed by atoms with Crippen molar-refractivity contribution in [3.63, 3.8) is 0 Å². The largest absolute Gasteiger partial charge is 0.147 e. The molecule has 0 spiro atoms. The second-order valence-corrected chi connectivity index (χ2v) is 5.13. The predicted octanol–water partition coefficient (Wildman–Crippen LogP) is 1.65. The van der Waals surface area contributed by atoms with E-state index in [4.69, 9.17) is 0 Å². The van der Waals surface area contributed by atoms with Crippen LogP contribution >= 0.6 is 24.8 Å². The Balaban J connectivity index is 0.000000980. The van der Waals surface area contributed by atoms with Crippen LogP contribution in [0.1, 0.15) is 0 Å². The number of rotatable bonds is 2. The molecule has 0 aliphatic rings. The molecule has 0 fully saturated rings. The molecule has 2 aromatic carbocycles. The van der Waals surface area contributed by atoms with Gasteiger partial charge >= 0.3 is 0 Å². The van der Waals surface area contributed by atoms with Gasteiger partial charge in [-0.3, -0.25) is 0 Å². The summed E-state index contributed by atoms with van der Waals surface area (Å²) < 4.78 is 0. The Morgan fingerprint density at radius 1 is 0.533 bits per heavy atom. The lowest BCUT2D eigenvalue weighted by molar-refractivity contribution is 1.75. The first-order valence-corrected chi connectivity index (χ1v) is 5.94. The molecule has 2 aromatic rings. The van der Waals surface area contributed by atoms with E-state index in [1.807, 2.05) is 0 Å². The van der Waals surface area contributed by atoms with Gasteiger partial charge in [0.1, 0.15) is 0 Å². The van der Waals surface area contributed by atoms with Crippen LogP contribution in [0.5, 0.6) is 0 Å². The number of hydrogen-bond acceptors (Lipinski definition) is 0. The van der Waals surface area contributed by atoms with E-state index in [2.05, 4.69) is 60.7 Å². The van der Waals surface area contributed by atoms with Crippen molar-refractivity contribution in [2.75, 3.05) is 0 Å². The maximum Gasteiger partial charge on any atom is 0.0875 e. The minimum atomic E-state index is -0.234. The average molecular weight is 257 g/mol. The van der Waals surface area contributed by atoms with Gasteiger partial charge < -0.3 is 0 Å². The molecule has 0 aliphatic heterocycles. The van der Waals surface area contributed by atoms with Crippen molar-refractivity contribution < 1.29 is 0 Å². The van der Waals surface area contributed by atoms with Gasteiger partial charge in [-0.15, -0.1) is 24.8 Å². The summed E-state index contributed by atoms with van der Waals surface area (Å²) in [6.45, 7) is 0. The Kier molecular flexibility index (Phi) is 7.14. The topological polar surface area (TPSA) is 0 Å². The van der Waals surface area contributed by atoms with Crippen LogP contribution < -0.4 is 10.4 Å². The lowest BCUT2D eigenvalue weighted by atomic mass is 10.4. The molecule has 3 heteroatoms. The van der Waals surface area contributed by atoms with Crippen LogP contribution in [0.25, 0.3) is 0 Å². The minimum absolute atomic E-state index is 0. The summed E-state index contributed by atoms with van der Waals surface area (Å²) in [7, 11) is -0.234. The number of benzene rings is 2. The molecule has 0 unspecified atom stereocenters. The quantitative estimate of drug-likeness (QED) is 0.718. The molecule has 0 N–H and O–H groups in total. The Morgan fingerprint density at radius 3 is 1.20 bits per heavy atom. The van der Waals surface area contributed by atoms with E-state index in [1.54, 1.807) is 0 Å². The number of hydrogen-bond donors (Lipinski definition) is 0. The van der Waals surface area contributed by atoms with Gasteiger partial charge in [0, 0.05) is 0 Å². The summed E-state index contributed by atoms with van der Waals surface area (Å²) in [5, 5.41) is 3.02. The van der Waals surface area contributed by atoms with Gasteiger partial charge in [0.2, 0.25) is 0 Å². The molecule has 0 atom stereocenters. The summed E-state index contributed by atoms with van der Waals surface area (Å²) in [4.78, 5) is 0. The molecular formula is C12H14Cl2Si. The zero-order valence-corrected chi connectivity index (χ0v) is 11.3. The van der Waals surface area contributed by atoms with Crippen molar-refractivity contribution >= 4 is 44.7 Å². The van der Waals surface area contributed by atoms with Crippen molar-refractivity contribution in [3.8, 4) is 0 Å². The monoisotopic (exact) mass is 256 g/mol. The van der Waals surface area contributed by atoms with E-state index in [9.17, 15) is 0 Å². The van der Waals surface area contributed by atoms with Gasteiger partial charge in [0.05, 0.1) is 9.52 Å².